The second-order valence-corrected chi connectivity index (χ2v) is 4.60. The molecule has 2 N–H and O–H groups in total. The Labute approximate surface area is 93.3 Å². The molecule has 0 radical (unpaired) electrons. The van der Waals surface area contributed by atoms with E-state index in [-0.39, 0.29) is 16.8 Å². The minimum atomic E-state index is -0.491. The molecular formula is C10H13ClN2O2. The summed E-state index contributed by atoms with van der Waals surface area (Å²) in [4.78, 5) is 15.3. The maximum Gasteiger partial charge on any atom is 0.229 e. The Morgan fingerprint density at radius 1 is 1.53 bits per heavy atom. The van der Waals surface area contributed by atoms with Crippen molar-refractivity contribution in [3.05, 3.63) is 17.4 Å². The molecule has 0 saturated carbocycles. The predicted octanol–water partition coefficient (Wildman–Crippen LogP) is 2.43. The first-order chi connectivity index (χ1) is 6.80. The molecule has 0 aliphatic heterocycles. The Morgan fingerprint density at radius 2 is 2.13 bits per heavy atom. The van der Waals surface area contributed by atoms with Crippen LogP contribution in [-0.2, 0) is 4.79 Å². The highest BCUT2D eigenvalue weighted by atomic mass is 35.5. The highest BCUT2D eigenvalue weighted by Crippen LogP contribution is 2.24. The molecule has 15 heavy (non-hydrogen) atoms. The van der Waals surface area contributed by atoms with Crippen molar-refractivity contribution < 1.29 is 9.90 Å². The van der Waals surface area contributed by atoms with Gasteiger partial charge in [0.25, 0.3) is 0 Å². The number of amides is 1. The van der Waals surface area contributed by atoms with Gasteiger partial charge in [-0.3, -0.25) is 4.79 Å². The van der Waals surface area contributed by atoms with Crippen LogP contribution >= 0.6 is 11.6 Å². The molecule has 82 valence electrons. The van der Waals surface area contributed by atoms with E-state index in [0.29, 0.717) is 5.69 Å². The average molecular weight is 229 g/mol. The van der Waals surface area contributed by atoms with Crippen molar-refractivity contribution in [3.8, 4) is 5.75 Å². The van der Waals surface area contributed by atoms with Crippen LogP contribution in [0.1, 0.15) is 20.8 Å². The van der Waals surface area contributed by atoms with Crippen molar-refractivity contribution >= 4 is 23.2 Å². The fraction of sp³-hybridized carbons (Fsp3) is 0.400. The van der Waals surface area contributed by atoms with Crippen molar-refractivity contribution in [3.63, 3.8) is 0 Å². The number of hydrogen-bond donors (Lipinski definition) is 2. The van der Waals surface area contributed by atoms with E-state index in [1.54, 1.807) is 20.8 Å². The SMILES string of the molecule is CC(C)(C)C(=O)Nc1cnc(Cl)c(O)c1. The van der Waals surface area contributed by atoms with Crippen molar-refractivity contribution in [2.45, 2.75) is 20.8 Å². The fourth-order valence-electron chi connectivity index (χ4n) is 0.823. The molecule has 1 heterocycles. The first-order valence-electron chi connectivity index (χ1n) is 4.46. The highest BCUT2D eigenvalue weighted by Gasteiger charge is 2.21. The summed E-state index contributed by atoms with van der Waals surface area (Å²) in [5.41, 5.74) is -0.0632. The molecule has 0 fully saturated rings. The summed E-state index contributed by atoms with van der Waals surface area (Å²) in [6.45, 7) is 5.39. The summed E-state index contributed by atoms with van der Waals surface area (Å²) in [7, 11) is 0. The number of hydrogen-bond acceptors (Lipinski definition) is 3. The summed E-state index contributed by atoms with van der Waals surface area (Å²) in [6.07, 6.45) is 1.39. The quantitative estimate of drug-likeness (QED) is 0.726. The Morgan fingerprint density at radius 3 is 2.60 bits per heavy atom. The van der Waals surface area contributed by atoms with Crippen LogP contribution in [0.2, 0.25) is 5.15 Å². The van der Waals surface area contributed by atoms with Gasteiger partial charge in [-0.1, -0.05) is 32.4 Å². The molecule has 1 amide bonds. The van der Waals surface area contributed by atoms with Crippen LogP contribution < -0.4 is 5.32 Å². The number of nitrogens with one attached hydrogen (secondary N) is 1. The molecule has 0 bridgehead atoms. The molecule has 0 unspecified atom stereocenters. The van der Waals surface area contributed by atoms with Gasteiger partial charge in [-0.2, -0.15) is 0 Å². The number of nitrogens with zero attached hydrogens (tertiary/aromatic N) is 1. The first kappa shape index (κ1) is 11.8. The van der Waals surface area contributed by atoms with E-state index >= 15 is 0 Å². The van der Waals surface area contributed by atoms with Gasteiger partial charge in [0.1, 0.15) is 0 Å². The zero-order valence-corrected chi connectivity index (χ0v) is 9.59. The number of anilines is 1. The zero-order chi connectivity index (χ0) is 11.6. The maximum atomic E-state index is 11.6. The molecule has 4 nitrogen and oxygen atoms in total. The Hall–Kier alpha value is -1.29. The van der Waals surface area contributed by atoms with Gasteiger partial charge in [0, 0.05) is 11.5 Å². The summed E-state index contributed by atoms with van der Waals surface area (Å²) < 4.78 is 0. The molecule has 0 atom stereocenters. The van der Waals surface area contributed by atoms with E-state index in [1.807, 2.05) is 0 Å². The molecule has 0 aliphatic rings. The third kappa shape index (κ3) is 3.09. The highest BCUT2D eigenvalue weighted by molar-refractivity contribution is 6.30. The predicted molar refractivity (Wildman–Crippen MR) is 59.0 cm³/mol. The van der Waals surface area contributed by atoms with Crippen LogP contribution in [0, 0.1) is 5.41 Å². The number of rotatable bonds is 1. The van der Waals surface area contributed by atoms with Gasteiger partial charge in [0.15, 0.2) is 10.9 Å². The summed E-state index contributed by atoms with van der Waals surface area (Å²) in [6, 6.07) is 1.36. The van der Waals surface area contributed by atoms with Gasteiger partial charge in [-0.25, -0.2) is 4.98 Å². The largest absolute Gasteiger partial charge is 0.505 e. The number of halogens is 1. The van der Waals surface area contributed by atoms with E-state index in [2.05, 4.69) is 10.3 Å². The molecule has 1 aromatic heterocycles. The van der Waals surface area contributed by atoms with Crippen molar-refractivity contribution in [1.29, 1.82) is 0 Å². The number of carbonyl (C=O) groups excluding carboxylic acids is 1. The summed E-state index contributed by atoms with van der Waals surface area (Å²) in [5.74, 6) is -0.297. The molecule has 0 saturated heterocycles. The van der Waals surface area contributed by atoms with Crippen LogP contribution in [0.5, 0.6) is 5.75 Å². The third-order valence-electron chi connectivity index (χ3n) is 1.76. The molecule has 0 aliphatic carbocycles. The molecule has 1 aromatic rings. The van der Waals surface area contributed by atoms with Crippen molar-refractivity contribution in [1.82, 2.24) is 4.98 Å². The minimum Gasteiger partial charge on any atom is -0.505 e. The lowest BCUT2D eigenvalue weighted by Gasteiger charge is -2.17. The topological polar surface area (TPSA) is 62.2 Å². The number of aromatic hydroxyl groups is 1. The molecule has 5 heteroatoms. The number of pyridine rings is 1. The molecule has 0 spiro atoms. The lowest BCUT2D eigenvalue weighted by atomic mass is 9.96. The van der Waals surface area contributed by atoms with Gasteiger partial charge in [-0.05, 0) is 0 Å². The average Bonchev–Trinajstić information content (AvgIpc) is 2.10. The standard InChI is InChI=1S/C10H13ClN2O2/c1-10(2,3)9(15)13-6-4-7(14)8(11)12-5-6/h4-5,14H,1-3H3,(H,13,15). The smallest absolute Gasteiger partial charge is 0.229 e. The van der Waals surface area contributed by atoms with E-state index in [0.717, 1.165) is 0 Å². The molecule has 1 rings (SSSR count). The fourth-order valence-corrected chi connectivity index (χ4v) is 0.927. The second kappa shape index (κ2) is 4.06. The molecular weight excluding hydrogens is 216 g/mol. The van der Waals surface area contributed by atoms with E-state index in [9.17, 15) is 9.90 Å². The minimum absolute atomic E-state index is 0.0174. The second-order valence-electron chi connectivity index (χ2n) is 4.24. The van der Waals surface area contributed by atoms with Crippen LogP contribution in [0.4, 0.5) is 5.69 Å². The lowest BCUT2D eigenvalue weighted by Crippen LogP contribution is -2.27. The van der Waals surface area contributed by atoms with Gasteiger partial charge >= 0.3 is 0 Å². The van der Waals surface area contributed by atoms with Crippen LogP contribution in [0.25, 0.3) is 0 Å². The first-order valence-corrected chi connectivity index (χ1v) is 4.84. The van der Waals surface area contributed by atoms with Crippen LogP contribution in [0.3, 0.4) is 0 Å². The van der Waals surface area contributed by atoms with Gasteiger partial charge in [-0.15, -0.1) is 0 Å². The van der Waals surface area contributed by atoms with Crippen LogP contribution in [-0.4, -0.2) is 16.0 Å². The van der Waals surface area contributed by atoms with E-state index in [1.165, 1.54) is 12.3 Å². The zero-order valence-electron chi connectivity index (χ0n) is 8.84. The third-order valence-corrected chi connectivity index (χ3v) is 2.05. The molecule has 0 aromatic carbocycles. The van der Waals surface area contributed by atoms with Crippen molar-refractivity contribution in [2.75, 3.05) is 5.32 Å². The summed E-state index contributed by atoms with van der Waals surface area (Å²) >= 11 is 5.53. The number of aromatic nitrogens is 1. The number of carbonyl (C=O) groups is 1. The van der Waals surface area contributed by atoms with E-state index in [4.69, 9.17) is 11.6 Å². The van der Waals surface area contributed by atoms with Gasteiger partial charge in [0.05, 0.1) is 11.9 Å². The Bertz CT molecular complexity index is 385. The Kier molecular flexibility index (Phi) is 3.19. The summed E-state index contributed by atoms with van der Waals surface area (Å²) in [5, 5.41) is 11.9. The van der Waals surface area contributed by atoms with Crippen molar-refractivity contribution in [2.24, 2.45) is 5.41 Å². The Balaban J connectivity index is 2.83. The monoisotopic (exact) mass is 228 g/mol. The van der Waals surface area contributed by atoms with Crippen LogP contribution in [0.15, 0.2) is 12.3 Å². The lowest BCUT2D eigenvalue weighted by molar-refractivity contribution is -0.123. The van der Waals surface area contributed by atoms with Gasteiger partial charge in [0.2, 0.25) is 5.91 Å². The maximum absolute atomic E-state index is 11.6. The van der Waals surface area contributed by atoms with E-state index < -0.39 is 5.41 Å². The normalized spacial score (nSPS) is 11.2. The van der Waals surface area contributed by atoms with Gasteiger partial charge < -0.3 is 10.4 Å².